The highest BCUT2D eigenvalue weighted by molar-refractivity contribution is 6.30. The molecule has 3 rings (SSSR count). The molecule has 0 unspecified atom stereocenters. The minimum Gasteiger partial charge on any atom is -0.457 e. The van der Waals surface area contributed by atoms with Gasteiger partial charge in [0, 0.05) is 16.4 Å². The smallest absolute Gasteiger partial charge is 0.233 e. The van der Waals surface area contributed by atoms with E-state index >= 15 is 0 Å². The van der Waals surface area contributed by atoms with E-state index in [1.165, 1.54) is 0 Å². The molecule has 27 heavy (non-hydrogen) atoms. The Balaban J connectivity index is 1.50. The molecule has 3 aromatic carbocycles. The summed E-state index contributed by atoms with van der Waals surface area (Å²) in [6.07, 6.45) is -0.287. The second-order valence-corrected chi connectivity index (χ2v) is 6.16. The van der Waals surface area contributed by atoms with Gasteiger partial charge < -0.3 is 15.4 Å². The van der Waals surface area contributed by atoms with Crippen LogP contribution in [0.15, 0.2) is 78.9 Å². The Kier molecular flexibility index (Phi) is 6.07. The van der Waals surface area contributed by atoms with Crippen LogP contribution < -0.4 is 15.4 Å². The van der Waals surface area contributed by atoms with Crippen LogP contribution in [0.2, 0.25) is 5.02 Å². The molecule has 2 N–H and O–H groups in total. The Bertz CT molecular complexity index is 910. The lowest BCUT2D eigenvalue weighted by molar-refractivity contribution is -0.123. The number of benzene rings is 3. The van der Waals surface area contributed by atoms with Gasteiger partial charge in [0.2, 0.25) is 11.8 Å². The van der Waals surface area contributed by atoms with Crippen LogP contribution in [-0.2, 0) is 9.59 Å². The molecule has 2 amide bonds. The minimum absolute atomic E-state index is 0.287. The van der Waals surface area contributed by atoms with Crippen molar-refractivity contribution in [2.24, 2.45) is 0 Å². The summed E-state index contributed by atoms with van der Waals surface area (Å²) >= 11 is 5.79. The van der Waals surface area contributed by atoms with Gasteiger partial charge in [-0.2, -0.15) is 0 Å². The molecule has 0 heterocycles. The number of hydrogen-bond donors (Lipinski definition) is 2. The van der Waals surface area contributed by atoms with Gasteiger partial charge in [-0.15, -0.1) is 0 Å². The average Bonchev–Trinajstić information content (AvgIpc) is 2.66. The molecule has 0 saturated carbocycles. The van der Waals surface area contributed by atoms with Crippen LogP contribution in [0.1, 0.15) is 6.42 Å². The highest BCUT2D eigenvalue weighted by Gasteiger charge is 2.10. The number of rotatable bonds is 6. The minimum atomic E-state index is -0.404. The molecule has 0 radical (unpaired) electrons. The summed E-state index contributed by atoms with van der Waals surface area (Å²) in [5.74, 6) is 0.574. The van der Waals surface area contributed by atoms with Crippen LogP contribution in [0.4, 0.5) is 11.4 Å². The van der Waals surface area contributed by atoms with Gasteiger partial charge >= 0.3 is 0 Å². The zero-order chi connectivity index (χ0) is 19.1. The van der Waals surface area contributed by atoms with E-state index in [1.54, 1.807) is 48.5 Å². The quantitative estimate of drug-likeness (QED) is 0.584. The fraction of sp³-hybridized carbons (Fsp3) is 0.0476. The number of anilines is 2. The predicted octanol–water partition coefficient (Wildman–Crippen LogP) is 5.10. The summed E-state index contributed by atoms with van der Waals surface area (Å²) < 4.78 is 5.69. The molecule has 0 atom stereocenters. The summed E-state index contributed by atoms with van der Waals surface area (Å²) in [5, 5.41) is 5.90. The third kappa shape index (κ3) is 5.87. The molecule has 0 aliphatic carbocycles. The van der Waals surface area contributed by atoms with Crippen LogP contribution in [0, 0.1) is 0 Å². The van der Waals surface area contributed by atoms with E-state index < -0.39 is 11.8 Å². The van der Waals surface area contributed by atoms with E-state index in [2.05, 4.69) is 10.6 Å². The van der Waals surface area contributed by atoms with Crippen molar-refractivity contribution in [2.75, 3.05) is 10.6 Å². The van der Waals surface area contributed by atoms with Crippen molar-refractivity contribution in [3.8, 4) is 11.5 Å². The topological polar surface area (TPSA) is 67.4 Å². The molecule has 0 aliphatic rings. The molecule has 6 heteroatoms. The largest absolute Gasteiger partial charge is 0.457 e. The molecule has 5 nitrogen and oxygen atoms in total. The lowest BCUT2D eigenvalue weighted by Crippen LogP contribution is -2.21. The van der Waals surface area contributed by atoms with E-state index in [0.717, 1.165) is 5.75 Å². The van der Waals surface area contributed by atoms with Gasteiger partial charge in [0.05, 0.1) is 0 Å². The molecular formula is C21H17ClN2O3. The standard InChI is InChI=1S/C21H17ClN2O3/c22-15-6-8-16(9-7-15)23-20(25)14-21(26)24-17-10-12-19(13-11-17)27-18-4-2-1-3-5-18/h1-13H,14H2,(H,23,25)(H,24,26). The van der Waals surface area contributed by atoms with E-state index in [-0.39, 0.29) is 6.42 Å². The Morgan fingerprint density at radius 3 is 1.74 bits per heavy atom. The number of carbonyl (C=O) groups excluding carboxylic acids is 2. The van der Waals surface area contributed by atoms with Gasteiger partial charge in [-0.3, -0.25) is 9.59 Å². The predicted molar refractivity (Wildman–Crippen MR) is 106 cm³/mol. The second-order valence-electron chi connectivity index (χ2n) is 5.72. The molecule has 136 valence electrons. The normalized spacial score (nSPS) is 10.1. The highest BCUT2D eigenvalue weighted by Crippen LogP contribution is 2.22. The molecular weight excluding hydrogens is 364 g/mol. The fourth-order valence-electron chi connectivity index (χ4n) is 2.32. The lowest BCUT2D eigenvalue weighted by atomic mass is 10.2. The Morgan fingerprint density at radius 2 is 1.19 bits per heavy atom. The van der Waals surface area contributed by atoms with Crippen LogP contribution in [-0.4, -0.2) is 11.8 Å². The van der Waals surface area contributed by atoms with Gasteiger partial charge in [0.1, 0.15) is 17.9 Å². The highest BCUT2D eigenvalue weighted by atomic mass is 35.5. The first kappa shape index (κ1) is 18.5. The Hall–Kier alpha value is -3.31. The van der Waals surface area contributed by atoms with E-state index in [0.29, 0.717) is 22.1 Å². The molecule has 0 fully saturated rings. The first-order valence-corrected chi connectivity index (χ1v) is 8.64. The zero-order valence-electron chi connectivity index (χ0n) is 14.3. The van der Waals surface area contributed by atoms with Crippen LogP contribution in [0.3, 0.4) is 0 Å². The zero-order valence-corrected chi connectivity index (χ0v) is 15.1. The maximum atomic E-state index is 12.0. The number of carbonyl (C=O) groups is 2. The van der Waals surface area contributed by atoms with Crippen LogP contribution >= 0.6 is 11.6 Å². The third-order valence-electron chi connectivity index (χ3n) is 3.57. The maximum absolute atomic E-state index is 12.0. The van der Waals surface area contributed by atoms with Gasteiger partial charge in [-0.05, 0) is 60.7 Å². The number of nitrogens with one attached hydrogen (secondary N) is 2. The Labute approximate surface area is 161 Å². The summed E-state index contributed by atoms with van der Waals surface area (Å²) in [6, 6.07) is 23.0. The van der Waals surface area contributed by atoms with Crippen molar-refractivity contribution in [2.45, 2.75) is 6.42 Å². The summed E-state index contributed by atoms with van der Waals surface area (Å²) in [7, 11) is 0. The molecule has 0 saturated heterocycles. The van der Waals surface area contributed by atoms with Gasteiger partial charge in [0.15, 0.2) is 0 Å². The fourth-order valence-corrected chi connectivity index (χ4v) is 2.45. The molecule has 0 aliphatic heterocycles. The van der Waals surface area contributed by atoms with Crippen LogP contribution in [0.25, 0.3) is 0 Å². The third-order valence-corrected chi connectivity index (χ3v) is 3.82. The monoisotopic (exact) mass is 380 g/mol. The van der Waals surface area contributed by atoms with Gasteiger partial charge in [-0.1, -0.05) is 29.8 Å². The van der Waals surface area contributed by atoms with Crippen LogP contribution in [0.5, 0.6) is 11.5 Å². The first-order chi connectivity index (χ1) is 13.1. The van der Waals surface area contributed by atoms with E-state index in [4.69, 9.17) is 16.3 Å². The number of hydrogen-bond acceptors (Lipinski definition) is 3. The summed E-state index contributed by atoms with van der Waals surface area (Å²) in [4.78, 5) is 23.9. The van der Waals surface area contributed by atoms with E-state index in [1.807, 2.05) is 30.3 Å². The number of amides is 2. The van der Waals surface area contributed by atoms with Gasteiger partial charge in [-0.25, -0.2) is 0 Å². The van der Waals surface area contributed by atoms with Gasteiger partial charge in [0.25, 0.3) is 0 Å². The molecule has 3 aromatic rings. The summed E-state index contributed by atoms with van der Waals surface area (Å²) in [6.45, 7) is 0. The molecule has 0 bridgehead atoms. The number of ether oxygens (including phenoxy) is 1. The number of halogens is 1. The van der Waals surface area contributed by atoms with Crippen molar-refractivity contribution < 1.29 is 14.3 Å². The Morgan fingerprint density at radius 1 is 0.704 bits per heavy atom. The summed E-state index contributed by atoms with van der Waals surface area (Å²) in [5.41, 5.74) is 1.17. The lowest BCUT2D eigenvalue weighted by Gasteiger charge is -2.08. The van der Waals surface area contributed by atoms with Crippen molar-refractivity contribution in [3.63, 3.8) is 0 Å². The average molecular weight is 381 g/mol. The van der Waals surface area contributed by atoms with Crippen molar-refractivity contribution in [3.05, 3.63) is 83.9 Å². The van der Waals surface area contributed by atoms with Crippen molar-refractivity contribution in [1.29, 1.82) is 0 Å². The molecule has 0 aromatic heterocycles. The van der Waals surface area contributed by atoms with E-state index in [9.17, 15) is 9.59 Å². The second kappa shape index (κ2) is 8.87. The first-order valence-electron chi connectivity index (χ1n) is 8.27. The maximum Gasteiger partial charge on any atom is 0.233 e. The number of para-hydroxylation sites is 1. The van der Waals surface area contributed by atoms with Crippen molar-refractivity contribution in [1.82, 2.24) is 0 Å². The SMILES string of the molecule is O=C(CC(=O)Nc1ccc(Oc2ccccc2)cc1)Nc1ccc(Cl)cc1. The molecule has 0 spiro atoms. The van der Waals surface area contributed by atoms with Crippen molar-refractivity contribution >= 4 is 34.8 Å².